The van der Waals surface area contributed by atoms with Gasteiger partial charge in [0.1, 0.15) is 0 Å². The van der Waals surface area contributed by atoms with E-state index in [0.29, 0.717) is 0 Å². The average molecular weight is 397 g/mol. The van der Waals surface area contributed by atoms with Gasteiger partial charge in [0.05, 0.1) is 4.90 Å². The van der Waals surface area contributed by atoms with Crippen LogP contribution in [0.3, 0.4) is 0 Å². The molecule has 0 heterocycles. The van der Waals surface area contributed by atoms with Gasteiger partial charge in [0.15, 0.2) is 0 Å². The molecule has 0 N–H and O–H groups in total. The Morgan fingerprint density at radius 3 is 1.41 bits per heavy atom. The van der Waals surface area contributed by atoms with Crippen molar-refractivity contribution in [1.29, 1.82) is 0 Å². The zero-order chi connectivity index (χ0) is 19.6. The Hall–Kier alpha value is -2.36. The van der Waals surface area contributed by atoms with Crippen molar-refractivity contribution >= 4 is 30.9 Å². The average Bonchev–Trinajstić information content (AvgIpc) is 2.64. The Balaban J connectivity index is 2.18. The van der Waals surface area contributed by atoms with Crippen LogP contribution in [0.2, 0.25) is 0 Å². The minimum absolute atomic E-state index is 0.105. The molecule has 0 aliphatic carbocycles. The van der Waals surface area contributed by atoms with Crippen LogP contribution >= 0.6 is 10.7 Å². The summed E-state index contributed by atoms with van der Waals surface area (Å²) >= 11 is 0. The van der Waals surface area contributed by atoms with E-state index in [1.54, 1.807) is 24.3 Å². The molecule has 0 saturated heterocycles. The Morgan fingerprint density at radius 1 is 0.667 bits per heavy atom. The van der Waals surface area contributed by atoms with Gasteiger partial charge in [-0.25, -0.2) is 8.42 Å². The third-order valence-corrected chi connectivity index (χ3v) is 5.99. The van der Waals surface area contributed by atoms with Crippen molar-refractivity contribution in [2.24, 2.45) is 0 Å². The van der Waals surface area contributed by atoms with Crippen molar-refractivity contribution < 1.29 is 8.42 Å². The predicted molar refractivity (Wildman–Crippen MR) is 113 cm³/mol. The molecule has 0 saturated carbocycles. The van der Waals surface area contributed by atoms with Crippen LogP contribution in [-0.4, -0.2) is 8.42 Å². The van der Waals surface area contributed by atoms with Gasteiger partial charge in [-0.1, -0.05) is 71.8 Å². The van der Waals surface area contributed by atoms with Crippen molar-refractivity contribution in [2.45, 2.75) is 25.7 Å². The molecule has 3 aromatic carbocycles. The lowest BCUT2D eigenvalue weighted by Crippen LogP contribution is -1.95. The fraction of sp³-hybridized carbons (Fsp3) is 0.130. The quantitative estimate of drug-likeness (QED) is 0.388. The molecule has 4 heteroatoms. The number of hydrogen-bond acceptors (Lipinski definition) is 2. The van der Waals surface area contributed by atoms with Gasteiger partial charge in [0.2, 0.25) is 0 Å². The predicted octanol–water partition coefficient (Wildman–Crippen LogP) is 6.21. The molecule has 0 fully saturated rings. The number of benzene rings is 3. The summed E-state index contributed by atoms with van der Waals surface area (Å²) in [6.07, 6.45) is 0. The lowest BCUT2D eigenvalue weighted by atomic mass is 9.89. The highest BCUT2D eigenvalue weighted by Crippen LogP contribution is 2.33. The van der Waals surface area contributed by atoms with E-state index in [4.69, 9.17) is 10.7 Å². The van der Waals surface area contributed by atoms with E-state index >= 15 is 0 Å². The van der Waals surface area contributed by atoms with E-state index in [9.17, 15) is 8.42 Å². The van der Waals surface area contributed by atoms with Crippen LogP contribution in [0, 0.1) is 13.8 Å². The van der Waals surface area contributed by atoms with E-state index in [-0.39, 0.29) is 4.90 Å². The Bertz CT molecular complexity index is 1030. The smallest absolute Gasteiger partial charge is 0.207 e. The van der Waals surface area contributed by atoms with E-state index in [1.165, 1.54) is 11.1 Å². The van der Waals surface area contributed by atoms with Crippen molar-refractivity contribution in [3.63, 3.8) is 0 Å². The third kappa shape index (κ3) is 4.49. The van der Waals surface area contributed by atoms with Gasteiger partial charge >= 0.3 is 0 Å². The topological polar surface area (TPSA) is 34.1 Å². The van der Waals surface area contributed by atoms with Crippen LogP contribution in [0.15, 0.2) is 77.7 Å². The Labute approximate surface area is 165 Å². The molecule has 0 radical (unpaired) electrons. The van der Waals surface area contributed by atoms with Crippen LogP contribution in [-0.2, 0) is 9.05 Å². The van der Waals surface area contributed by atoms with Crippen LogP contribution in [0.25, 0.3) is 11.1 Å². The summed E-state index contributed by atoms with van der Waals surface area (Å²) in [6.45, 7) is 6.19. The summed E-state index contributed by atoms with van der Waals surface area (Å²) in [5, 5.41) is 0. The number of halogens is 1. The first-order valence-corrected chi connectivity index (χ1v) is 11.0. The number of allylic oxidation sites excluding steroid dienone is 1. The molecule has 0 bridgehead atoms. The molecule has 2 nitrogen and oxygen atoms in total. The molecule has 3 rings (SSSR count). The van der Waals surface area contributed by atoms with E-state index < -0.39 is 9.05 Å². The standard InChI is InChI=1S/C23H21ClO2S/c1-16-4-8-20(9-5-16)23(21-10-6-17(2)7-11-21)18(3)19-12-14-22(15-13-19)27(24,25)26/h4-15H,1-3H3. The van der Waals surface area contributed by atoms with Crippen molar-refractivity contribution in [3.8, 4) is 0 Å². The van der Waals surface area contributed by atoms with E-state index in [1.807, 2.05) is 0 Å². The van der Waals surface area contributed by atoms with Gasteiger partial charge in [-0.15, -0.1) is 0 Å². The van der Waals surface area contributed by atoms with Crippen molar-refractivity contribution in [2.75, 3.05) is 0 Å². The summed E-state index contributed by atoms with van der Waals surface area (Å²) in [4.78, 5) is 0.105. The molecule has 0 spiro atoms. The minimum Gasteiger partial charge on any atom is -0.207 e. The maximum absolute atomic E-state index is 11.5. The fourth-order valence-corrected chi connectivity index (χ4v) is 3.82. The maximum atomic E-state index is 11.5. The molecular formula is C23H21ClO2S. The van der Waals surface area contributed by atoms with Gasteiger partial charge in [-0.3, -0.25) is 0 Å². The van der Waals surface area contributed by atoms with Gasteiger partial charge in [-0.05, 0) is 60.7 Å². The maximum Gasteiger partial charge on any atom is 0.261 e. The first-order chi connectivity index (χ1) is 12.8. The summed E-state index contributed by atoms with van der Waals surface area (Å²) in [5.41, 5.74) is 7.80. The lowest BCUT2D eigenvalue weighted by Gasteiger charge is -2.15. The molecule has 0 unspecified atom stereocenters. The fourth-order valence-electron chi connectivity index (χ4n) is 3.05. The third-order valence-electron chi connectivity index (χ3n) is 4.62. The molecule has 0 amide bonds. The SMILES string of the molecule is CC(=C(c1ccc(C)cc1)c1ccc(C)cc1)c1ccc(S(=O)(=O)Cl)cc1. The van der Waals surface area contributed by atoms with Crippen LogP contribution < -0.4 is 0 Å². The second kappa shape index (κ2) is 7.71. The molecule has 0 aromatic heterocycles. The van der Waals surface area contributed by atoms with Gasteiger partial charge < -0.3 is 0 Å². The zero-order valence-electron chi connectivity index (χ0n) is 15.5. The Morgan fingerprint density at radius 2 is 1.04 bits per heavy atom. The largest absolute Gasteiger partial charge is 0.261 e. The van der Waals surface area contributed by atoms with E-state index in [0.717, 1.165) is 27.8 Å². The minimum atomic E-state index is -3.72. The molecule has 0 aliphatic rings. The molecular weight excluding hydrogens is 376 g/mol. The highest BCUT2D eigenvalue weighted by molar-refractivity contribution is 8.13. The highest BCUT2D eigenvalue weighted by atomic mass is 35.7. The lowest BCUT2D eigenvalue weighted by molar-refractivity contribution is 0.609. The summed E-state index contributed by atoms with van der Waals surface area (Å²) < 4.78 is 23.0. The van der Waals surface area contributed by atoms with Gasteiger partial charge in [-0.2, -0.15) is 0 Å². The van der Waals surface area contributed by atoms with Crippen molar-refractivity contribution in [3.05, 3.63) is 101 Å². The molecule has 27 heavy (non-hydrogen) atoms. The zero-order valence-corrected chi connectivity index (χ0v) is 17.1. The van der Waals surface area contributed by atoms with Gasteiger partial charge in [0, 0.05) is 10.7 Å². The summed E-state index contributed by atoms with van der Waals surface area (Å²) in [7, 11) is 1.71. The molecule has 3 aromatic rings. The summed E-state index contributed by atoms with van der Waals surface area (Å²) in [5.74, 6) is 0. The highest BCUT2D eigenvalue weighted by Gasteiger charge is 2.13. The first kappa shape index (κ1) is 19.4. The van der Waals surface area contributed by atoms with Gasteiger partial charge in [0.25, 0.3) is 9.05 Å². The molecule has 0 aliphatic heterocycles. The first-order valence-electron chi connectivity index (χ1n) is 8.66. The molecule has 138 valence electrons. The molecule has 0 atom stereocenters. The normalized spacial score (nSPS) is 11.3. The number of hydrogen-bond donors (Lipinski definition) is 0. The van der Waals surface area contributed by atoms with Crippen molar-refractivity contribution in [1.82, 2.24) is 0 Å². The second-order valence-electron chi connectivity index (χ2n) is 6.69. The number of aryl methyl sites for hydroxylation is 2. The van der Waals surface area contributed by atoms with Crippen LogP contribution in [0.4, 0.5) is 0 Å². The van der Waals surface area contributed by atoms with Crippen LogP contribution in [0.1, 0.15) is 34.7 Å². The Kier molecular flexibility index (Phi) is 5.54. The second-order valence-corrected chi connectivity index (χ2v) is 9.26. The van der Waals surface area contributed by atoms with Crippen LogP contribution in [0.5, 0.6) is 0 Å². The number of rotatable bonds is 4. The summed E-state index contributed by atoms with van der Waals surface area (Å²) in [6, 6.07) is 23.5. The monoisotopic (exact) mass is 396 g/mol. The van der Waals surface area contributed by atoms with E-state index in [2.05, 4.69) is 69.3 Å².